The van der Waals surface area contributed by atoms with Gasteiger partial charge in [-0.1, -0.05) is 19.8 Å². The van der Waals surface area contributed by atoms with E-state index in [1.165, 1.54) is 6.42 Å². The molecule has 1 saturated heterocycles. The minimum Gasteiger partial charge on any atom is -0.480 e. The summed E-state index contributed by atoms with van der Waals surface area (Å²) in [6, 6.07) is -0.760. The molecule has 2 N–H and O–H groups in total. The molecule has 2 rings (SSSR count). The van der Waals surface area contributed by atoms with Crippen molar-refractivity contribution in [1.82, 2.24) is 10.2 Å². The molecule has 1 heterocycles. The molecule has 1 aliphatic heterocycles. The van der Waals surface area contributed by atoms with Gasteiger partial charge in [-0.05, 0) is 32.1 Å². The highest BCUT2D eigenvalue weighted by Crippen LogP contribution is 2.33. The van der Waals surface area contributed by atoms with Crippen molar-refractivity contribution in [3.8, 4) is 0 Å². The number of carbonyl (C=O) groups excluding carboxylic acids is 1. The number of hydrogen-bond donors (Lipinski definition) is 2. The van der Waals surface area contributed by atoms with Gasteiger partial charge in [0, 0.05) is 11.8 Å². The van der Waals surface area contributed by atoms with Gasteiger partial charge in [0.25, 0.3) is 0 Å². The van der Waals surface area contributed by atoms with Crippen molar-refractivity contribution in [2.45, 2.75) is 63.4 Å². The van der Waals surface area contributed by atoms with E-state index in [1.807, 2.05) is 6.92 Å². The number of nitrogens with zero attached hydrogens (tertiary/aromatic N) is 1. The second-order valence-corrected chi connectivity index (χ2v) is 6.98. The molecule has 1 aliphatic carbocycles. The Labute approximate surface area is 124 Å². The highest BCUT2D eigenvalue weighted by molar-refractivity contribution is 8.00. The SMILES string of the molecule is CCCC1SCC(C(=O)O)N1C(=O)NC(C)C1CCC1. The Morgan fingerprint density at radius 1 is 1.45 bits per heavy atom. The molecule has 0 bridgehead atoms. The molecule has 0 spiro atoms. The Bertz CT molecular complexity index is 373. The lowest BCUT2D eigenvalue weighted by Crippen LogP contribution is -2.53. The van der Waals surface area contributed by atoms with Gasteiger partial charge in [0.1, 0.15) is 6.04 Å². The lowest BCUT2D eigenvalue weighted by atomic mass is 9.80. The summed E-state index contributed by atoms with van der Waals surface area (Å²) in [5, 5.41) is 12.3. The lowest BCUT2D eigenvalue weighted by molar-refractivity contribution is -0.141. The van der Waals surface area contributed by atoms with Gasteiger partial charge in [0.2, 0.25) is 0 Å². The maximum Gasteiger partial charge on any atom is 0.327 e. The molecule has 0 aromatic rings. The average Bonchev–Trinajstić information content (AvgIpc) is 2.70. The van der Waals surface area contributed by atoms with Gasteiger partial charge in [-0.25, -0.2) is 9.59 Å². The molecule has 0 radical (unpaired) electrons. The van der Waals surface area contributed by atoms with E-state index in [2.05, 4.69) is 12.2 Å². The predicted molar refractivity (Wildman–Crippen MR) is 79.8 cm³/mol. The van der Waals surface area contributed by atoms with Crippen molar-refractivity contribution >= 4 is 23.8 Å². The zero-order valence-corrected chi connectivity index (χ0v) is 13.0. The van der Waals surface area contributed by atoms with Crippen LogP contribution in [-0.4, -0.2) is 45.2 Å². The fourth-order valence-corrected chi connectivity index (χ4v) is 4.34. The maximum atomic E-state index is 12.4. The Balaban J connectivity index is 2.00. The summed E-state index contributed by atoms with van der Waals surface area (Å²) >= 11 is 1.58. The second kappa shape index (κ2) is 6.70. The van der Waals surface area contributed by atoms with Crippen LogP contribution in [0.1, 0.15) is 46.0 Å². The van der Waals surface area contributed by atoms with Gasteiger partial charge in [-0.15, -0.1) is 11.8 Å². The van der Waals surface area contributed by atoms with Crippen molar-refractivity contribution in [1.29, 1.82) is 0 Å². The number of thioether (sulfide) groups is 1. The summed E-state index contributed by atoms with van der Waals surface area (Å²) < 4.78 is 0. The lowest BCUT2D eigenvalue weighted by Gasteiger charge is -2.35. The molecular formula is C14H24N2O3S. The average molecular weight is 300 g/mol. The van der Waals surface area contributed by atoms with Crippen LogP contribution in [0.25, 0.3) is 0 Å². The van der Waals surface area contributed by atoms with Crippen LogP contribution in [-0.2, 0) is 4.79 Å². The Hall–Kier alpha value is -0.910. The highest BCUT2D eigenvalue weighted by atomic mass is 32.2. The first-order valence-electron chi connectivity index (χ1n) is 7.47. The predicted octanol–water partition coefficient (Wildman–Crippen LogP) is 2.51. The summed E-state index contributed by atoms with van der Waals surface area (Å²) in [6.07, 6.45) is 5.36. The zero-order valence-electron chi connectivity index (χ0n) is 12.2. The molecule has 2 aliphatic rings. The first-order chi connectivity index (χ1) is 9.54. The second-order valence-electron chi connectivity index (χ2n) is 5.77. The van der Waals surface area contributed by atoms with Crippen LogP contribution in [0.4, 0.5) is 4.79 Å². The molecule has 2 fully saturated rings. The number of amides is 2. The number of nitrogens with one attached hydrogen (secondary N) is 1. The molecule has 6 heteroatoms. The van der Waals surface area contributed by atoms with Crippen molar-refractivity contribution in [2.24, 2.45) is 5.92 Å². The number of urea groups is 1. The van der Waals surface area contributed by atoms with E-state index in [0.29, 0.717) is 11.7 Å². The zero-order chi connectivity index (χ0) is 14.7. The molecular weight excluding hydrogens is 276 g/mol. The Morgan fingerprint density at radius 3 is 2.65 bits per heavy atom. The Kier molecular flexibility index (Phi) is 5.18. The van der Waals surface area contributed by atoms with Crippen LogP contribution < -0.4 is 5.32 Å². The Morgan fingerprint density at radius 2 is 2.15 bits per heavy atom. The van der Waals surface area contributed by atoms with Gasteiger partial charge < -0.3 is 10.4 Å². The van der Waals surface area contributed by atoms with Crippen molar-refractivity contribution in [2.75, 3.05) is 5.75 Å². The molecule has 114 valence electrons. The number of hydrogen-bond acceptors (Lipinski definition) is 3. The quantitative estimate of drug-likeness (QED) is 0.818. The van der Waals surface area contributed by atoms with Crippen LogP contribution in [0.2, 0.25) is 0 Å². The van der Waals surface area contributed by atoms with Crippen molar-refractivity contribution in [3.05, 3.63) is 0 Å². The monoisotopic (exact) mass is 300 g/mol. The number of aliphatic carboxylic acids is 1. The minimum absolute atomic E-state index is 0.00492. The van der Waals surface area contributed by atoms with E-state index in [9.17, 15) is 14.7 Å². The molecule has 2 amide bonds. The topological polar surface area (TPSA) is 69.6 Å². The standard InChI is InChI=1S/C14H24N2O3S/c1-3-5-12-16(11(8-20-12)13(17)18)14(19)15-9(2)10-6-4-7-10/h9-12H,3-8H2,1-2H3,(H,15,19)(H,17,18). The van der Waals surface area contributed by atoms with E-state index >= 15 is 0 Å². The third-order valence-corrected chi connectivity index (χ3v) is 5.71. The van der Waals surface area contributed by atoms with E-state index < -0.39 is 12.0 Å². The van der Waals surface area contributed by atoms with Crippen molar-refractivity contribution < 1.29 is 14.7 Å². The third-order valence-electron chi connectivity index (χ3n) is 4.36. The normalized spacial score (nSPS) is 28.0. The first-order valence-corrected chi connectivity index (χ1v) is 8.52. The maximum absolute atomic E-state index is 12.4. The number of rotatable bonds is 5. The van der Waals surface area contributed by atoms with Gasteiger partial charge in [-0.3, -0.25) is 4.90 Å². The van der Waals surface area contributed by atoms with E-state index in [0.717, 1.165) is 25.7 Å². The summed E-state index contributed by atoms with van der Waals surface area (Å²) in [7, 11) is 0. The van der Waals surface area contributed by atoms with Gasteiger partial charge >= 0.3 is 12.0 Å². The summed E-state index contributed by atoms with van der Waals surface area (Å²) in [6.45, 7) is 4.08. The highest BCUT2D eigenvalue weighted by Gasteiger charge is 2.41. The van der Waals surface area contributed by atoms with E-state index in [4.69, 9.17) is 0 Å². The van der Waals surface area contributed by atoms with E-state index in [-0.39, 0.29) is 17.4 Å². The minimum atomic E-state index is -0.900. The molecule has 0 aromatic heterocycles. The number of carbonyl (C=O) groups is 2. The smallest absolute Gasteiger partial charge is 0.327 e. The molecule has 3 atom stereocenters. The molecule has 1 saturated carbocycles. The van der Waals surface area contributed by atoms with Gasteiger partial charge in [0.05, 0.1) is 5.37 Å². The third kappa shape index (κ3) is 3.22. The van der Waals surface area contributed by atoms with Crippen molar-refractivity contribution in [3.63, 3.8) is 0 Å². The van der Waals surface area contributed by atoms with Crippen LogP contribution in [0.15, 0.2) is 0 Å². The first kappa shape index (κ1) is 15.5. The van der Waals surface area contributed by atoms with Crippen LogP contribution in [0, 0.1) is 5.92 Å². The van der Waals surface area contributed by atoms with Gasteiger partial charge in [0.15, 0.2) is 0 Å². The van der Waals surface area contributed by atoms with Crippen LogP contribution >= 0.6 is 11.8 Å². The largest absolute Gasteiger partial charge is 0.480 e. The molecule has 3 unspecified atom stereocenters. The fraction of sp³-hybridized carbons (Fsp3) is 0.857. The van der Waals surface area contributed by atoms with Gasteiger partial charge in [-0.2, -0.15) is 0 Å². The molecule has 0 aromatic carbocycles. The number of carboxylic acids is 1. The molecule has 5 nitrogen and oxygen atoms in total. The van der Waals surface area contributed by atoms with Crippen LogP contribution in [0.5, 0.6) is 0 Å². The van der Waals surface area contributed by atoms with E-state index in [1.54, 1.807) is 16.7 Å². The number of carboxylic acid groups (broad SMARTS) is 1. The fourth-order valence-electron chi connectivity index (χ4n) is 2.82. The summed E-state index contributed by atoms with van der Waals surface area (Å²) in [5.41, 5.74) is 0. The summed E-state index contributed by atoms with van der Waals surface area (Å²) in [5.74, 6) is 0.148. The van der Waals surface area contributed by atoms with Crippen LogP contribution in [0.3, 0.4) is 0 Å². The molecule has 20 heavy (non-hydrogen) atoms. The summed E-state index contributed by atoms with van der Waals surface area (Å²) in [4.78, 5) is 25.3.